The molecular weight excluding hydrogens is 284 g/mol. The third-order valence-electron chi connectivity index (χ3n) is 3.40. The minimum Gasteiger partial charge on any atom is -0.289 e. The van der Waals surface area contributed by atoms with E-state index in [4.69, 9.17) is 11.6 Å². The largest absolute Gasteiger partial charge is 0.289 e. The molecule has 0 N–H and O–H groups in total. The van der Waals surface area contributed by atoms with Crippen LogP contribution in [-0.4, -0.2) is 11.0 Å². The third kappa shape index (κ3) is 2.46. The Hall–Kier alpha value is -2.45. The van der Waals surface area contributed by atoms with Gasteiger partial charge in [-0.05, 0) is 28.4 Å². The summed E-state index contributed by atoms with van der Waals surface area (Å²) in [6, 6.07) is 19.7. The van der Waals surface area contributed by atoms with Gasteiger partial charge in [0.2, 0.25) is 0 Å². The van der Waals surface area contributed by atoms with E-state index in [2.05, 4.69) is 0 Å². The first-order chi connectivity index (χ1) is 10.2. The number of carbonyl (C=O) groups excluding carboxylic acids is 2. The fourth-order valence-electron chi connectivity index (χ4n) is 2.41. The molecule has 21 heavy (non-hydrogen) atoms. The molecule has 0 atom stereocenters. The van der Waals surface area contributed by atoms with Crippen LogP contribution >= 0.6 is 11.6 Å². The lowest BCUT2D eigenvalue weighted by Crippen LogP contribution is -2.08. The van der Waals surface area contributed by atoms with Crippen LogP contribution in [0.1, 0.15) is 26.3 Å². The van der Waals surface area contributed by atoms with Gasteiger partial charge < -0.3 is 0 Å². The second-order valence-electron chi connectivity index (χ2n) is 4.68. The molecule has 0 heterocycles. The molecule has 3 rings (SSSR count). The summed E-state index contributed by atoms with van der Waals surface area (Å²) in [7, 11) is 0. The Morgan fingerprint density at radius 2 is 1.43 bits per heavy atom. The quantitative estimate of drug-likeness (QED) is 0.528. The van der Waals surface area contributed by atoms with Gasteiger partial charge in [-0.2, -0.15) is 0 Å². The van der Waals surface area contributed by atoms with Crippen LogP contribution in [-0.2, 0) is 0 Å². The van der Waals surface area contributed by atoms with Crippen LogP contribution in [0.3, 0.4) is 0 Å². The van der Waals surface area contributed by atoms with Crippen molar-refractivity contribution in [1.29, 1.82) is 0 Å². The molecule has 0 aromatic heterocycles. The van der Waals surface area contributed by atoms with Crippen molar-refractivity contribution in [2.45, 2.75) is 0 Å². The molecule has 102 valence electrons. The molecule has 3 aromatic rings. The molecule has 0 aliphatic rings. The minimum atomic E-state index is -0.625. The van der Waals surface area contributed by atoms with Gasteiger partial charge in [0.25, 0.3) is 5.24 Å². The summed E-state index contributed by atoms with van der Waals surface area (Å²) < 4.78 is 0. The molecule has 0 fully saturated rings. The van der Waals surface area contributed by atoms with Crippen LogP contribution in [0.4, 0.5) is 0 Å². The first kappa shape index (κ1) is 13.5. The zero-order valence-corrected chi connectivity index (χ0v) is 11.8. The van der Waals surface area contributed by atoms with Crippen molar-refractivity contribution in [3.8, 4) is 0 Å². The number of carbonyl (C=O) groups is 2. The van der Waals surface area contributed by atoms with Gasteiger partial charge in [0.05, 0.1) is 0 Å². The first-order valence-corrected chi connectivity index (χ1v) is 6.87. The van der Waals surface area contributed by atoms with Crippen molar-refractivity contribution >= 4 is 33.4 Å². The van der Waals surface area contributed by atoms with E-state index in [1.54, 1.807) is 36.4 Å². The highest BCUT2D eigenvalue weighted by Gasteiger charge is 2.20. The summed E-state index contributed by atoms with van der Waals surface area (Å²) in [6.45, 7) is 0. The number of halogens is 1. The van der Waals surface area contributed by atoms with Gasteiger partial charge in [-0.1, -0.05) is 60.7 Å². The highest BCUT2D eigenvalue weighted by Crippen LogP contribution is 2.26. The Bertz CT molecular complexity index is 838. The predicted molar refractivity (Wildman–Crippen MR) is 84.0 cm³/mol. The monoisotopic (exact) mass is 294 g/mol. The highest BCUT2D eigenvalue weighted by atomic mass is 35.5. The molecule has 3 aromatic carbocycles. The fourth-order valence-corrected chi connectivity index (χ4v) is 2.57. The van der Waals surface area contributed by atoms with Crippen molar-refractivity contribution in [2.75, 3.05) is 0 Å². The zero-order valence-electron chi connectivity index (χ0n) is 11.0. The van der Waals surface area contributed by atoms with Crippen molar-refractivity contribution in [3.05, 3.63) is 83.4 Å². The molecular formula is C18H11ClO2. The Kier molecular flexibility index (Phi) is 3.55. The molecule has 0 radical (unpaired) electrons. The van der Waals surface area contributed by atoms with Gasteiger partial charge >= 0.3 is 0 Å². The van der Waals surface area contributed by atoms with E-state index < -0.39 is 5.24 Å². The van der Waals surface area contributed by atoms with E-state index in [0.29, 0.717) is 11.1 Å². The van der Waals surface area contributed by atoms with E-state index in [1.165, 1.54) is 0 Å². The van der Waals surface area contributed by atoms with Crippen LogP contribution < -0.4 is 0 Å². The number of hydrogen-bond donors (Lipinski definition) is 0. The van der Waals surface area contributed by atoms with E-state index in [9.17, 15) is 9.59 Å². The SMILES string of the molecule is O=C(Cl)c1ccc2ccccc2c1C(=O)c1ccccc1. The van der Waals surface area contributed by atoms with Crippen LogP contribution in [0.15, 0.2) is 66.7 Å². The number of ketones is 1. The molecule has 0 aliphatic heterocycles. The summed E-state index contributed by atoms with van der Waals surface area (Å²) >= 11 is 5.65. The normalized spacial score (nSPS) is 10.5. The molecule has 2 nitrogen and oxygen atoms in total. The first-order valence-electron chi connectivity index (χ1n) is 6.50. The third-order valence-corrected chi connectivity index (χ3v) is 3.61. The smallest absolute Gasteiger partial charge is 0.253 e. The number of benzene rings is 3. The summed E-state index contributed by atoms with van der Waals surface area (Å²) in [5.41, 5.74) is 1.14. The maximum Gasteiger partial charge on any atom is 0.253 e. The van der Waals surface area contributed by atoms with Crippen LogP contribution in [0.2, 0.25) is 0 Å². The summed E-state index contributed by atoms with van der Waals surface area (Å²) in [5.74, 6) is -0.198. The molecule has 3 heteroatoms. The summed E-state index contributed by atoms with van der Waals surface area (Å²) in [5, 5.41) is 1.01. The molecule has 0 spiro atoms. The Morgan fingerprint density at radius 1 is 0.762 bits per heavy atom. The number of rotatable bonds is 3. The number of hydrogen-bond acceptors (Lipinski definition) is 2. The van der Waals surface area contributed by atoms with Gasteiger partial charge in [-0.3, -0.25) is 9.59 Å². The standard InChI is InChI=1S/C18H11ClO2/c19-18(21)15-11-10-12-6-4-5-9-14(12)16(15)17(20)13-7-2-1-3-8-13/h1-11H. The second kappa shape index (κ2) is 5.51. The van der Waals surface area contributed by atoms with E-state index in [-0.39, 0.29) is 11.3 Å². The predicted octanol–water partition coefficient (Wildman–Crippen LogP) is 4.45. The maximum atomic E-state index is 12.8. The lowest BCUT2D eigenvalue weighted by Gasteiger charge is -2.10. The molecule has 0 saturated heterocycles. The molecule has 0 bridgehead atoms. The van der Waals surface area contributed by atoms with Crippen molar-refractivity contribution in [1.82, 2.24) is 0 Å². The van der Waals surface area contributed by atoms with E-state index in [1.807, 2.05) is 30.3 Å². The van der Waals surface area contributed by atoms with E-state index >= 15 is 0 Å². The Morgan fingerprint density at radius 3 is 2.14 bits per heavy atom. The Balaban J connectivity index is 2.31. The van der Waals surface area contributed by atoms with Gasteiger partial charge in [0, 0.05) is 16.7 Å². The second-order valence-corrected chi connectivity index (χ2v) is 5.02. The van der Waals surface area contributed by atoms with Crippen LogP contribution in [0, 0.1) is 0 Å². The molecule has 0 aliphatic carbocycles. The van der Waals surface area contributed by atoms with Gasteiger partial charge in [0.15, 0.2) is 5.78 Å². The Labute approximate surface area is 127 Å². The van der Waals surface area contributed by atoms with Gasteiger partial charge in [-0.15, -0.1) is 0 Å². The van der Waals surface area contributed by atoms with Crippen molar-refractivity contribution in [2.24, 2.45) is 0 Å². The van der Waals surface area contributed by atoms with Gasteiger partial charge in [-0.25, -0.2) is 0 Å². The zero-order chi connectivity index (χ0) is 14.8. The molecule has 0 saturated carbocycles. The lowest BCUT2D eigenvalue weighted by atomic mass is 9.93. The van der Waals surface area contributed by atoms with Crippen LogP contribution in [0.25, 0.3) is 10.8 Å². The van der Waals surface area contributed by atoms with E-state index in [0.717, 1.165) is 10.8 Å². The highest BCUT2D eigenvalue weighted by molar-refractivity contribution is 6.68. The molecule has 0 amide bonds. The molecule has 0 unspecified atom stereocenters. The minimum absolute atomic E-state index is 0.198. The topological polar surface area (TPSA) is 34.1 Å². The maximum absolute atomic E-state index is 12.8. The summed E-state index contributed by atoms with van der Waals surface area (Å²) in [6.07, 6.45) is 0. The van der Waals surface area contributed by atoms with Crippen molar-refractivity contribution in [3.63, 3.8) is 0 Å². The van der Waals surface area contributed by atoms with Crippen LogP contribution in [0.5, 0.6) is 0 Å². The van der Waals surface area contributed by atoms with Gasteiger partial charge in [0.1, 0.15) is 0 Å². The lowest BCUT2D eigenvalue weighted by molar-refractivity contribution is 0.102. The summed E-state index contributed by atoms with van der Waals surface area (Å²) in [4.78, 5) is 24.4. The fraction of sp³-hybridized carbons (Fsp3) is 0. The van der Waals surface area contributed by atoms with Crippen molar-refractivity contribution < 1.29 is 9.59 Å². The number of fused-ring (bicyclic) bond motifs is 1. The average molecular weight is 295 g/mol. The average Bonchev–Trinajstić information content (AvgIpc) is 2.53.